The Morgan fingerprint density at radius 2 is 2.20 bits per heavy atom. The molecule has 1 atom stereocenters. The van der Waals surface area contributed by atoms with Crippen LogP contribution in [0.25, 0.3) is 0 Å². The molecule has 1 aromatic heterocycles. The van der Waals surface area contributed by atoms with E-state index in [1.165, 1.54) is 24.1 Å². The Hall–Kier alpha value is -0.870. The number of fused-ring (bicyclic) bond motifs is 1. The highest BCUT2D eigenvalue weighted by Crippen LogP contribution is 2.40. The number of rotatable bonds is 6. The molecule has 4 nitrogen and oxygen atoms in total. The molecule has 0 amide bonds. The average Bonchev–Trinajstić information content (AvgIpc) is 2.75. The van der Waals surface area contributed by atoms with Gasteiger partial charge in [0.2, 0.25) is 0 Å². The molecule has 0 bridgehead atoms. The first-order valence-corrected chi connectivity index (χ1v) is 7.85. The van der Waals surface area contributed by atoms with Gasteiger partial charge in [-0.25, -0.2) is 0 Å². The maximum atomic E-state index is 4.64. The van der Waals surface area contributed by atoms with Gasteiger partial charge in [0, 0.05) is 23.8 Å². The summed E-state index contributed by atoms with van der Waals surface area (Å²) >= 11 is 0. The van der Waals surface area contributed by atoms with Crippen molar-refractivity contribution in [1.82, 2.24) is 20.0 Å². The van der Waals surface area contributed by atoms with Crippen LogP contribution in [-0.2, 0) is 13.0 Å². The van der Waals surface area contributed by atoms with E-state index >= 15 is 0 Å². The largest absolute Gasteiger partial charge is 0.310 e. The summed E-state index contributed by atoms with van der Waals surface area (Å²) in [4.78, 5) is 2.22. The summed E-state index contributed by atoms with van der Waals surface area (Å²) in [5.41, 5.74) is 3.22. The van der Waals surface area contributed by atoms with Gasteiger partial charge in [-0.05, 0) is 45.3 Å². The molecule has 0 saturated heterocycles. The number of hydrogen-bond donors (Lipinski definition) is 1. The topological polar surface area (TPSA) is 33.1 Å². The third-order valence-corrected chi connectivity index (χ3v) is 4.16. The fourth-order valence-corrected chi connectivity index (χ4v) is 3.09. The highest BCUT2D eigenvalue weighted by atomic mass is 15.3. The molecule has 4 heteroatoms. The van der Waals surface area contributed by atoms with Crippen molar-refractivity contribution >= 4 is 0 Å². The second-order valence-corrected chi connectivity index (χ2v) is 7.12. The molecule has 1 heterocycles. The summed E-state index contributed by atoms with van der Waals surface area (Å²) in [6, 6.07) is 0.474. The van der Waals surface area contributed by atoms with Crippen LogP contribution in [0, 0.1) is 5.41 Å². The molecule has 0 aromatic carbocycles. The van der Waals surface area contributed by atoms with Crippen molar-refractivity contribution in [2.45, 2.75) is 52.6 Å². The maximum Gasteiger partial charge on any atom is 0.0540 e. The van der Waals surface area contributed by atoms with Gasteiger partial charge in [-0.3, -0.25) is 4.68 Å². The van der Waals surface area contributed by atoms with Crippen LogP contribution in [0.3, 0.4) is 0 Å². The molecule has 114 valence electrons. The lowest BCUT2D eigenvalue weighted by atomic mass is 9.74. The molecule has 20 heavy (non-hydrogen) atoms. The van der Waals surface area contributed by atoms with E-state index in [0.29, 0.717) is 11.5 Å². The molecule has 0 spiro atoms. The number of likely N-dealkylation sites (N-methyl/N-ethyl adjacent to an activating group) is 1. The van der Waals surface area contributed by atoms with Gasteiger partial charge in [0.05, 0.1) is 12.7 Å². The summed E-state index contributed by atoms with van der Waals surface area (Å²) < 4.78 is 2.22. The number of nitrogens with one attached hydrogen (secondary N) is 1. The number of aromatic nitrogens is 2. The molecule has 1 aliphatic carbocycles. The van der Waals surface area contributed by atoms with E-state index in [4.69, 9.17) is 0 Å². The Bertz CT molecular complexity index is 434. The lowest BCUT2D eigenvalue weighted by molar-refractivity contribution is 0.248. The molecule has 0 aliphatic heterocycles. The Morgan fingerprint density at radius 3 is 2.85 bits per heavy atom. The van der Waals surface area contributed by atoms with Crippen molar-refractivity contribution in [2.75, 3.05) is 27.2 Å². The van der Waals surface area contributed by atoms with E-state index in [0.717, 1.165) is 26.1 Å². The zero-order chi connectivity index (χ0) is 14.8. The molecule has 1 N–H and O–H groups in total. The van der Waals surface area contributed by atoms with Crippen molar-refractivity contribution in [3.05, 3.63) is 17.5 Å². The van der Waals surface area contributed by atoms with E-state index in [1.807, 2.05) is 0 Å². The van der Waals surface area contributed by atoms with Crippen molar-refractivity contribution in [2.24, 2.45) is 5.41 Å². The monoisotopic (exact) mass is 278 g/mol. The van der Waals surface area contributed by atoms with Crippen LogP contribution in [0.1, 0.15) is 50.9 Å². The fourth-order valence-electron chi connectivity index (χ4n) is 3.09. The fraction of sp³-hybridized carbons (Fsp3) is 0.812. The van der Waals surface area contributed by atoms with E-state index in [9.17, 15) is 0 Å². The SMILES string of the molecule is CCCNC1CC(C)(C)Cc2c1cnn2CCN(C)C. The molecular weight excluding hydrogens is 248 g/mol. The third kappa shape index (κ3) is 3.61. The first-order valence-electron chi connectivity index (χ1n) is 7.85. The van der Waals surface area contributed by atoms with Crippen molar-refractivity contribution in [3.8, 4) is 0 Å². The highest BCUT2D eigenvalue weighted by Gasteiger charge is 2.34. The predicted molar refractivity (Wildman–Crippen MR) is 83.9 cm³/mol. The zero-order valence-corrected chi connectivity index (χ0v) is 13.7. The van der Waals surface area contributed by atoms with Gasteiger partial charge in [-0.15, -0.1) is 0 Å². The molecule has 1 aromatic rings. The van der Waals surface area contributed by atoms with Gasteiger partial charge in [0.25, 0.3) is 0 Å². The number of hydrogen-bond acceptors (Lipinski definition) is 3. The third-order valence-electron chi connectivity index (χ3n) is 4.16. The van der Waals surface area contributed by atoms with Crippen LogP contribution in [0.15, 0.2) is 6.20 Å². The van der Waals surface area contributed by atoms with Gasteiger partial charge in [0.1, 0.15) is 0 Å². The minimum Gasteiger partial charge on any atom is -0.310 e. The molecule has 2 rings (SSSR count). The molecule has 1 unspecified atom stereocenters. The Balaban J connectivity index is 2.19. The quantitative estimate of drug-likeness (QED) is 0.868. The average molecular weight is 278 g/mol. The Morgan fingerprint density at radius 1 is 1.45 bits per heavy atom. The Labute approximate surface area is 123 Å². The minimum atomic E-state index is 0.355. The smallest absolute Gasteiger partial charge is 0.0540 e. The summed E-state index contributed by atoms with van der Waals surface area (Å²) in [6.45, 7) is 10.1. The van der Waals surface area contributed by atoms with Gasteiger partial charge in [-0.2, -0.15) is 5.10 Å². The van der Waals surface area contributed by atoms with E-state index in [2.05, 4.69) is 61.1 Å². The van der Waals surface area contributed by atoms with E-state index in [-0.39, 0.29) is 0 Å². The van der Waals surface area contributed by atoms with Crippen molar-refractivity contribution in [3.63, 3.8) is 0 Å². The van der Waals surface area contributed by atoms with E-state index < -0.39 is 0 Å². The van der Waals surface area contributed by atoms with E-state index in [1.54, 1.807) is 0 Å². The zero-order valence-electron chi connectivity index (χ0n) is 13.7. The van der Waals surface area contributed by atoms with Crippen LogP contribution in [-0.4, -0.2) is 41.9 Å². The normalized spacial score (nSPS) is 21.2. The lowest BCUT2D eigenvalue weighted by Gasteiger charge is -2.36. The summed E-state index contributed by atoms with van der Waals surface area (Å²) in [5, 5.41) is 8.34. The van der Waals surface area contributed by atoms with Crippen LogP contribution in [0.2, 0.25) is 0 Å². The second kappa shape index (κ2) is 6.27. The van der Waals surface area contributed by atoms with Crippen LogP contribution >= 0.6 is 0 Å². The van der Waals surface area contributed by atoms with Gasteiger partial charge in [0.15, 0.2) is 0 Å². The van der Waals surface area contributed by atoms with Crippen LogP contribution < -0.4 is 5.32 Å². The first kappa shape index (κ1) is 15.5. The highest BCUT2D eigenvalue weighted by molar-refractivity contribution is 5.27. The predicted octanol–water partition coefficient (Wildman–Crippen LogP) is 2.46. The molecule has 0 saturated carbocycles. The standard InChI is InChI=1S/C16H30N4/c1-6-7-17-14-10-16(2,3)11-15-13(14)12-18-20(15)9-8-19(4)5/h12,14,17H,6-11H2,1-5H3. The van der Waals surface area contributed by atoms with Crippen LogP contribution in [0.5, 0.6) is 0 Å². The van der Waals surface area contributed by atoms with Crippen molar-refractivity contribution < 1.29 is 0 Å². The molecule has 0 fully saturated rings. The summed E-state index contributed by atoms with van der Waals surface area (Å²) in [6.07, 6.45) is 5.62. The van der Waals surface area contributed by atoms with Gasteiger partial charge < -0.3 is 10.2 Å². The lowest BCUT2D eigenvalue weighted by Crippen LogP contribution is -2.34. The van der Waals surface area contributed by atoms with Gasteiger partial charge >= 0.3 is 0 Å². The number of nitrogens with zero attached hydrogens (tertiary/aromatic N) is 3. The second-order valence-electron chi connectivity index (χ2n) is 7.12. The van der Waals surface area contributed by atoms with Crippen molar-refractivity contribution in [1.29, 1.82) is 0 Å². The first-order chi connectivity index (χ1) is 9.43. The van der Waals surface area contributed by atoms with Gasteiger partial charge in [-0.1, -0.05) is 20.8 Å². The van der Waals surface area contributed by atoms with Crippen LogP contribution in [0.4, 0.5) is 0 Å². The minimum absolute atomic E-state index is 0.355. The molecule has 1 aliphatic rings. The summed E-state index contributed by atoms with van der Waals surface area (Å²) in [5.74, 6) is 0. The maximum absolute atomic E-state index is 4.64. The molecule has 0 radical (unpaired) electrons. The Kier molecular flexibility index (Phi) is 4.86. The summed E-state index contributed by atoms with van der Waals surface area (Å²) in [7, 11) is 4.23. The molecular formula is C16H30N4.